The molecule has 0 spiro atoms. The average Bonchev–Trinajstić information content (AvgIpc) is 2.68. The van der Waals surface area contributed by atoms with Crippen molar-refractivity contribution in [1.29, 1.82) is 0 Å². The summed E-state index contributed by atoms with van der Waals surface area (Å²) in [4.78, 5) is 19.1. The standard InChI is InChI=1S/C15H18N2O2/c1-8-6-9(2)12(10(3)7-8)14-16-11(4)13(17-14)15(18)19-5/h6-7H,1-5H3,(H,16,17). The van der Waals surface area contributed by atoms with Crippen LogP contribution in [0.4, 0.5) is 0 Å². The highest BCUT2D eigenvalue weighted by Gasteiger charge is 2.18. The second-order valence-corrected chi connectivity index (χ2v) is 4.82. The van der Waals surface area contributed by atoms with Crippen LogP contribution in [0.1, 0.15) is 32.9 Å². The Kier molecular flexibility index (Phi) is 3.42. The third kappa shape index (κ3) is 2.38. The summed E-state index contributed by atoms with van der Waals surface area (Å²) in [6.45, 7) is 7.98. The van der Waals surface area contributed by atoms with Gasteiger partial charge in [-0.15, -0.1) is 0 Å². The number of ether oxygens (including phenoxy) is 1. The van der Waals surface area contributed by atoms with E-state index in [0.717, 1.165) is 22.4 Å². The quantitative estimate of drug-likeness (QED) is 0.842. The SMILES string of the molecule is COC(=O)c1nc(-c2c(C)cc(C)cc2C)[nH]c1C. The van der Waals surface area contributed by atoms with Crippen LogP contribution in [0.25, 0.3) is 11.4 Å². The average molecular weight is 258 g/mol. The van der Waals surface area contributed by atoms with Crippen molar-refractivity contribution in [1.82, 2.24) is 9.97 Å². The van der Waals surface area contributed by atoms with Crippen molar-refractivity contribution >= 4 is 5.97 Å². The molecule has 0 fully saturated rings. The van der Waals surface area contributed by atoms with Crippen LogP contribution < -0.4 is 0 Å². The molecular weight excluding hydrogens is 240 g/mol. The number of nitrogens with one attached hydrogen (secondary N) is 1. The van der Waals surface area contributed by atoms with Crippen LogP contribution in [0, 0.1) is 27.7 Å². The lowest BCUT2D eigenvalue weighted by molar-refractivity contribution is 0.0594. The number of carbonyl (C=O) groups excluding carboxylic acids is 1. The number of esters is 1. The van der Waals surface area contributed by atoms with E-state index in [4.69, 9.17) is 4.74 Å². The molecule has 0 unspecified atom stereocenters. The lowest BCUT2D eigenvalue weighted by Gasteiger charge is -2.08. The second kappa shape index (κ2) is 4.88. The number of benzene rings is 1. The smallest absolute Gasteiger partial charge is 0.358 e. The van der Waals surface area contributed by atoms with Crippen LogP contribution >= 0.6 is 0 Å². The van der Waals surface area contributed by atoms with E-state index in [-0.39, 0.29) is 0 Å². The summed E-state index contributed by atoms with van der Waals surface area (Å²) >= 11 is 0. The number of aryl methyl sites for hydroxylation is 4. The van der Waals surface area contributed by atoms with Gasteiger partial charge in [0.1, 0.15) is 5.82 Å². The minimum atomic E-state index is -0.414. The second-order valence-electron chi connectivity index (χ2n) is 4.82. The molecule has 0 saturated carbocycles. The lowest BCUT2D eigenvalue weighted by atomic mass is 9.99. The number of H-pyrrole nitrogens is 1. The van der Waals surface area contributed by atoms with E-state index in [2.05, 4.69) is 29.0 Å². The highest BCUT2D eigenvalue weighted by molar-refractivity contribution is 5.89. The highest BCUT2D eigenvalue weighted by Crippen LogP contribution is 2.27. The number of methoxy groups -OCH3 is 1. The van der Waals surface area contributed by atoms with Crippen molar-refractivity contribution in [2.24, 2.45) is 0 Å². The monoisotopic (exact) mass is 258 g/mol. The Bertz CT molecular complexity index is 619. The predicted octanol–water partition coefficient (Wildman–Crippen LogP) is 3.10. The summed E-state index contributed by atoms with van der Waals surface area (Å²) in [6.07, 6.45) is 0. The summed E-state index contributed by atoms with van der Waals surface area (Å²) in [5.74, 6) is 0.301. The van der Waals surface area contributed by atoms with Gasteiger partial charge in [0.15, 0.2) is 5.69 Å². The van der Waals surface area contributed by atoms with Crippen molar-refractivity contribution in [3.8, 4) is 11.4 Å². The number of aromatic amines is 1. The van der Waals surface area contributed by atoms with Gasteiger partial charge in [0.25, 0.3) is 0 Å². The van der Waals surface area contributed by atoms with Gasteiger partial charge >= 0.3 is 5.97 Å². The molecule has 0 saturated heterocycles. The molecule has 1 heterocycles. The maximum absolute atomic E-state index is 11.6. The van der Waals surface area contributed by atoms with E-state index in [1.807, 2.05) is 20.8 Å². The first-order valence-electron chi connectivity index (χ1n) is 6.17. The third-order valence-electron chi connectivity index (χ3n) is 3.18. The van der Waals surface area contributed by atoms with Crippen LogP contribution in [-0.4, -0.2) is 23.0 Å². The number of imidazole rings is 1. The first-order chi connectivity index (χ1) is 8.93. The molecule has 0 aliphatic rings. The van der Waals surface area contributed by atoms with Crippen molar-refractivity contribution < 1.29 is 9.53 Å². The number of nitrogens with zero attached hydrogens (tertiary/aromatic N) is 1. The molecule has 0 radical (unpaired) electrons. The number of aromatic nitrogens is 2. The Morgan fingerprint density at radius 1 is 1.16 bits per heavy atom. The zero-order chi connectivity index (χ0) is 14.2. The Morgan fingerprint density at radius 2 is 1.74 bits per heavy atom. The maximum Gasteiger partial charge on any atom is 0.358 e. The molecule has 100 valence electrons. The molecule has 2 aromatic rings. The zero-order valence-corrected chi connectivity index (χ0v) is 11.9. The Hall–Kier alpha value is -2.10. The molecule has 19 heavy (non-hydrogen) atoms. The minimum absolute atomic E-state index is 0.344. The van der Waals surface area contributed by atoms with Crippen molar-refractivity contribution in [3.05, 3.63) is 40.2 Å². The largest absolute Gasteiger partial charge is 0.464 e. The van der Waals surface area contributed by atoms with Gasteiger partial charge in [-0.05, 0) is 38.8 Å². The summed E-state index contributed by atoms with van der Waals surface area (Å²) in [5, 5.41) is 0. The zero-order valence-electron chi connectivity index (χ0n) is 11.9. The summed E-state index contributed by atoms with van der Waals surface area (Å²) in [7, 11) is 1.36. The van der Waals surface area contributed by atoms with Crippen molar-refractivity contribution in [2.45, 2.75) is 27.7 Å². The topological polar surface area (TPSA) is 55.0 Å². The molecule has 0 aliphatic heterocycles. The number of carbonyl (C=O) groups is 1. The van der Waals surface area contributed by atoms with E-state index in [0.29, 0.717) is 11.5 Å². The van der Waals surface area contributed by atoms with Gasteiger partial charge in [-0.3, -0.25) is 0 Å². The molecule has 0 aliphatic carbocycles. The van der Waals surface area contributed by atoms with E-state index >= 15 is 0 Å². The van der Waals surface area contributed by atoms with Gasteiger partial charge in [0.2, 0.25) is 0 Å². The number of hydrogen-bond donors (Lipinski definition) is 1. The number of rotatable bonds is 2. The predicted molar refractivity (Wildman–Crippen MR) is 74.3 cm³/mol. The van der Waals surface area contributed by atoms with Gasteiger partial charge in [-0.25, -0.2) is 9.78 Å². The van der Waals surface area contributed by atoms with Crippen LogP contribution in [-0.2, 0) is 4.74 Å². The summed E-state index contributed by atoms with van der Waals surface area (Å²) in [6, 6.07) is 4.22. The van der Waals surface area contributed by atoms with Crippen LogP contribution in [0.15, 0.2) is 12.1 Å². The van der Waals surface area contributed by atoms with Crippen LogP contribution in [0.5, 0.6) is 0 Å². The fourth-order valence-electron chi connectivity index (χ4n) is 2.43. The van der Waals surface area contributed by atoms with E-state index in [1.165, 1.54) is 12.7 Å². The first-order valence-corrected chi connectivity index (χ1v) is 6.17. The Balaban J connectivity index is 2.58. The maximum atomic E-state index is 11.6. The molecule has 1 aromatic heterocycles. The third-order valence-corrected chi connectivity index (χ3v) is 3.18. The van der Waals surface area contributed by atoms with E-state index in [9.17, 15) is 4.79 Å². The highest BCUT2D eigenvalue weighted by atomic mass is 16.5. The summed E-state index contributed by atoms with van der Waals surface area (Å²) < 4.78 is 4.72. The van der Waals surface area contributed by atoms with Crippen molar-refractivity contribution in [3.63, 3.8) is 0 Å². The normalized spacial score (nSPS) is 10.6. The van der Waals surface area contributed by atoms with Crippen LogP contribution in [0.3, 0.4) is 0 Å². The molecule has 0 amide bonds. The van der Waals surface area contributed by atoms with E-state index in [1.54, 1.807) is 0 Å². The summed E-state index contributed by atoms with van der Waals surface area (Å²) in [5.41, 5.74) is 5.61. The molecule has 2 rings (SSSR count). The van der Waals surface area contributed by atoms with Gasteiger partial charge in [-0.2, -0.15) is 0 Å². The fraction of sp³-hybridized carbons (Fsp3) is 0.333. The molecule has 4 nitrogen and oxygen atoms in total. The van der Waals surface area contributed by atoms with Gasteiger partial charge in [0, 0.05) is 11.3 Å². The first kappa shape index (κ1) is 13.3. The van der Waals surface area contributed by atoms with E-state index < -0.39 is 5.97 Å². The molecule has 1 aromatic carbocycles. The minimum Gasteiger partial charge on any atom is -0.464 e. The molecule has 0 bridgehead atoms. The van der Waals surface area contributed by atoms with Gasteiger partial charge < -0.3 is 9.72 Å². The molecule has 0 atom stereocenters. The van der Waals surface area contributed by atoms with Gasteiger partial charge in [0.05, 0.1) is 7.11 Å². The molecular formula is C15H18N2O2. The van der Waals surface area contributed by atoms with Crippen molar-refractivity contribution in [2.75, 3.05) is 7.11 Å². The van der Waals surface area contributed by atoms with Gasteiger partial charge in [-0.1, -0.05) is 17.7 Å². The molecule has 4 heteroatoms. The Labute approximate surface area is 112 Å². The Morgan fingerprint density at radius 3 is 2.26 bits per heavy atom. The number of hydrogen-bond acceptors (Lipinski definition) is 3. The lowest BCUT2D eigenvalue weighted by Crippen LogP contribution is -2.03. The van der Waals surface area contributed by atoms with Crippen LogP contribution in [0.2, 0.25) is 0 Å². The fourth-order valence-corrected chi connectivity index (χ4v) is 2.43. The molecule has 1 N–H and O–H groups in total.